The molecule has 0 aliphatic carbocycles. The van der Waals surface area contributed by atoms with Crippen molar-refractivity contribution in [3.8, 4) is 11.5 Å². The molecule has 2 nitrogen and oxygen atoms in total. The van der Waals surface area contributed by atoms with E-state index in [2.05, 4.69) is 0 Å². The van der Waals surface area contributed by atoms with Crippen LogP contribution in [0.2, 0.25) is 0 Å². The zero-order chi connectivity index (χ0) is 9.68. The molecule has 13 heavy (non-hydrogen) atoms. The van der Waals surface area contributed by atoms with E-state index in [4.69, 9.17) is 9.84 Å². The van der Waals surface area contributed by atoms with Crippen LogP contribution in [0, 0.1) is 0 Å². The summed E-state index contributed by atoms with van der Waals surface area (Å²) in [7, 11) is 0. The number of rotatable bonds is 4. The van der Waals surface area contributed by atoms with Crippen molar-refractivity contribution >= 4 is 0 Å². The number of aromatic hydroxyl groups is 1. The standard InChI is InChI=1S/C9H10F2O2/c10-9(11)5-6-13-8-3-1-7(12)2-4-8/h1-4,9,12H,5-6H2. The van der Waals surface area contributed by atoms with Crippen molar-refractivity contribution < 1.29 is 18.6 Å². The first-order valence-corrected chi connectivity index (χ1v) is 3.88. The van der Waals surface area contributed by atoms with Crippen LogP contribution in [0.1, 0.15) is 6.42 Å². The molecule has 4 heteroatoms. The minimum Gasteiger partial charge on any atom is -0.508 e. The number of benzene rings is 1. The minimum absolute atomic E-state index is 0.0115. The number of phenols is 1. The van der Waals surface area contributed by atoms with E-state index in [-0.39, 0.29) is 18.8 Å². The summed E-state index contributed by atoms with van der Waals surface area (Å²) < 4.78 is 28.3. The fourth-order valence-electron chi connectivity index (χ4n) is 0.808. The molecule has 1 aromatic carbocycles. The van der Waals surface area contributed by atoms with Gasteiger partial charge in [0.15, 0.2) is 0 Å². The third-order valence-corrected chi connectivity index (χ3v) is 1.44. The Balaban J connectivity index is 2.33. The van der Waals surface area contributed by atoms with Crippen LogP contribution in [0.4, 0.5) is 8.78 Å². The summed E-state index contributed by atoms with van der Waals surface area (Å²) in [5, 5.41) is 8.89. The molecule has 0 unspecified atom stereocenters. The van der Waals surface area contributed by atoms with Crippen LogP contribution in [0.3, 0.4) is 0 Å². The molecule has 0 aromatic heterocycles. The van der Waals surface area contributed by atoms with Gasteiger partial charge in [0.2, 0.25) is 6.43 Å². The van der Waals surface area contributed by atoms with Crippen molar-refractivity contribution in [1.29, 1.82) is 0 Å². The molecule has 0 fully saturated rings. The van der Waals surface area contributed by atoms with Crippen LogP contribution in [0.15, 0.2) is 24.3 Å². The van der Waals surface area contributed by atoms with Gasteiger partial charge in [-0.25, -0.2) is 8.78 Å². The molecule has 0 saturated heterocycles. The van der Waals surface area contributed by atoms with Gasteiger partial charge in [-0.3, -0.25) is 0 Å². The number of halogens is 2. The first-order chi connectivity index (χ1) is 6.18. The van der Waals surface area contributed by atoms with Gasteiger partial charge in [-0.05, 0) is 24.3 Å². The first-order valence-electron chi connectivity index (χ1n) is 3.88. The van der Waals surface area contributed by atoms with Gasteiger partial charge in [0, 0.05) is 6.42 Å². The molecule has 1 aromatic rings. The zero-order valence-corrected chi connectivity index (χ0v) is 6.91. The summed E-state index contributed by atoms with van der Waals surface area (Å²) in [5.74, 6) is 0.611. The van der Waals surface area contributed by atoms with Crippen LogP contribution >= 0.6 is 0 Å². The predicted octanol–water partition coefficient (Wildman–Crippen LogP) is 2.43. The monoisotopic (exact) mass is 188 g/mol. The molecular formula is C9H10F2O2. The number of alkyl halides is 2. The Morgan fingerprint density at radius 2 is 1.85 bits per heavy atom. The van der Waals surface area contributed by atoms with Gasteiger partial charge in [-0.2, -0.15) is 0 Å². The molecule has 0 atom stereocenters. The van der Waals surface area contributed by atoms with E-state index in [9.17, 15) is 8.78 Å². The van der Waals surface area contributed by atoms with Gasteiger partial charge in [0.25, 0.3) is 0 Å². The Labute approximate surface area is 74.8 Å². The van der Waals surface area contributed by atoms with Crippen LogP contribution in [0.25, 0.3) is 0 Å². The number of hydrogen-bond donors (Lipinski definition) is 1. The van der Waals surface area contributed by atoms with Crippen LogP contribution in [-0.4, -0.2) is 18.1 Å². The molecule has 0 radical (unpaired) electrons. The Morgan fingerprint density at radius 1 is 1.23 bits per heavy atom. The maximum absolute atomic E-state index is 11.7. The Bertz CT molecular complexity index is 246. The largest absolute Gasteiger partial charge is 0.508 e. The Hall–Kier alpha value is -1.32. The normalized spacial score (nSPS) is 10.4. The lowest BCUT2D eigenvalue weighted by Gasteiger charge is -2.04. The Kier molecular flexibility index (Phi) is 3.49. The second kappa shape index (κ2) is 4.64. The fourth-order valence-corrected chi connectivity index (χ4v) is 0.808. The highest BCUT2D eigenvalue weighted by Gasteiger charge is 2.02. The highest BCUT2D eigenvalue weighted by atomic mass is 19.3. The average Bonchev–Trinajstić information content (AvgIpc) is 2.08. The van der Waals surface area contributed by atoms with Gasteiger partial charge in [0.1, 0.15) is 11.5 Å². The van der Waals surface area contributed by atoms with Crippen molar-refractivity contribution in [3.05, 3.63) is 24.3 Å². The molecule has 0 spiro atoms. The molecular weight excluding hydrogens is 178 g/mol. The van der Waals surface area contributed by atoms with Crippen molar-refractivity contribution in [2.24, 2.45) is 0 Å². The van der Waals surface area contributed by atoms with Crippen LogP contribution < -0.4 is 4.74 Å². The summed E-state index contributed by atoms with van der Waals surface area (Å²) in [6.45, 7) is -0.0115. The molecule has 1 N–H and O–H groups in total. The van der Waals surface area contributed by atoms with Crippen molar-refractivity contribution in [2.45, 2.75) is 12.8 Å². The summed E-state index contributed by atoms with van der Waals surface area (Å²) >= 11 is 0. The van der Waals surface area contributed by atoms with E-state index in [0.717, 1.165) is 0 Å². The molecule has 0 saturated carbocycles. The summed E-state index contributed by atoms with van der Waals surface area (Å²) in [4.78, 5) is 0. The summed E-state index contributed by atoms with van der Waals surface area (Å²) in [6.07, 6.45) is -2.61. The van der Waals surface area contributed by atoms with Crippen LogP contribution in [-0.2, 0) is 0 Å². The van der Waals surface area contributed by atoms with Gasteiger partial charge in [-0.1, -0.05) is 0 Å². The molecule has 0 amide bonds. The lowest BCUT2D eigenvalue weighted by Crippen LogP contribution is -2.02. The van der Waals surface area contributed by atoms with Crippen molar-refractivity contribution in [3.63, 3.8) is 0 Å². The van der Waals surface area contributed by atoms with E-state index in [1.165, 1.54) is 24.3 Å². The topological polar surface area (TPSA) is 29.5 Å². The quantitative estimate of drug-likeness (QED) is 0.786. The predicted molar refractivity (Wildman–Crippen MR) is 44.2 cm³/mol. The van der Waals surface area contributed by atoms with E-state index in [0.29, 0.717) is 5.75 Å². The minimum atomic E-state index is -2.34. The lowest BCUT2D eigenvalue weighted by atomic mass is 10.3. The highest BCUT2D eigenvalue weighted by molar-refractivity contribution is 5.29. The second-order valence-electron chi connectivity index (χ2n) is 2.52. The second-order valence-corrected chi connectivity index (χ2v) is 2.52. The highest BCUT2D eigenvalue weighted by Crippen LogP contribution is 2.16. The summed E-state index contributed by atoms with van der Waals surface area (Å²) in [5.41, 5.74) is 0. The Morgan fingerprint density at radius 3 is 2.38 bits per heavy atom. The van der Waals surface area contributed by atoms with Gasteiger partial charge in [-0.15, -0.1) is 0 Å². The first kappa shape index (κ1) is 9.77. The zero-order valence-electron chi connectivity index (χ0n) is 6.91. The lowest BCUT2D eigenvalue weighted by molar-refractivity contribution is 0.114. The van der Waals surface area contributed by atoms with E-state index in [1.807, 2.05) is 0 Å². The van der Waals surface area contributed by atoms with Crippen molar-refractivity contribution in [1.82, 2.24) is 0 Å². The van der Waals surface area contributed by atoms with Crippen LogP contribution in [0.5, 0.6) is 11.5 Å². The molecule has 72 valence electrons. The molecule has 0 heterocycles. The van der Waals surface area contributed by atoms with Gasteiger partial charge < -0.3 is 9.84 Å². The maximum Gasteiger partial charge on any atom is 0.241 e. The van der Waals surface area contributed by atoms with Gasteiger partial charge >= 0.3 is 0 Å². The third-order valence-electron chi connectivity index (χ3n) is 1.44. The van der Waals surface area contributed by atoms with E-state index >= 15 is 0 Å². The molecule has 0 aliphatic rings. The maximum atomic E-state index is 11.7. The van der Waals surface area contributed by atoms with Crippen molar-refractivity contribution in [2.75, 3.05) is 6.61 Å². The number of hydrogen-bond acceptors (Lipinski definition) is 2. The smallest absolute Gasteiger partial charge is 0.241 e. The molecule has 1 rings (SSSR count). The van der Waals surface area contributed by atoms with Gasteiger partial charge in [0.05, 0.1) is 6.61 Å². The number of ether oxygens (including phenoxy) is 1. The molecule has 0 aliphatic heterocycles. The number of phenolic OH excluding ortho intramolecular Hbond substituents is 1. The summed E-state index contributed by atoms with van der Waals surface area (Å²) in [6, 6.07) is 5.94. The fraction of sp³-hybridized carbons (Fsp3) is 0.333. The average molecular weight is 188 g/mol. The third kappa shape index (κ3) is 3.73. The molecule has 0 bridgehead atoms. The van der Waals surface area contributed by atoms with E-state index in [1.54, 1.807) is 0 Å². The SMILES string of the molecule is Oc1ccc(OCCC(F)F)cc1. The van der Waals surface area contributed by atoms with E-state index < -0.39 is 6.43 Å².